The molecular weight excluding hydrogens is 414 g/mol. The lowest BCUT2D eigenvalue weighted by Crippen LogP contribution is -2.33. The largest absolute Gasteiger partial charge is 0.444 e. The maximum absolute atomic E-state index is 11.6. The molecule has 1 N–H and O–H groups in total. The van der Waals surface area contributed by atoms with Crippen LogP contribution in [0, 0.1) is 0 Å². The second-order valence-electron chi connectivity index (χ2n) is 7.20. The number of hydrogen-bond donors (Lipinski definition) is 1. The number of benzene rings is 2. The number of carbonyl (C=O) groups excluding carboxylic acids is 1. The SMILES string of the molecule is CC(C)(C)OC(=O)NCCCCc1ccc(Cl)cc1-c1cccc(Br)c1. The Kier molecular flexibility index (Phi) is 7.54. The molecule has 0 atom stereocenters. The number of unbranched alkanes of at least 4 members (excludes halogenated alkanes) is 1. The van der Waals surface area contributed by atoms with Gasteiger partial charge in [-0.3, -0.25) is 0 Å². The van der Waals surface area contributed by atoms with Crippen molar-refractivity contribution in [2.45, 2.75) is 45.6 Å². The van der Waals surface area contributed by atoms with Crippen LogP contribution in [0.25, 0.3) is 11.1 Å². The zero-order valence-corrected chi connectivity index (χ0v) is 17.8. The van der Waals surface area contributed by atoms with Gasteiger partial charge in [-0.1, -0.05) is 45.7 Å². The average Bonchev–Trinajstić information content (AvgIpc) is 2.54. The van der Waals surface area contributed by atoms with Crippen molar-refractivity contribution in [3.63, 3.8) is 0 Å². The summed E-state index contributed by atoms with van der Waals surface area (Å²) in [7, 11) is 0. The number of aryl methyl sites for hydroxylation is 1. The summed E-state index contributed by atoms with van der Waals surface area (Å²) < 4.78 is 6.28. The molecule has 140 valence electrons. The van der Waals surface area contributed by atoms with Crippen LogP contribution in [0.5, 0.6) is 0 Å². The van der Waals surface area contributed by atoms with Crippen LogP contribution in [-0.2, 0) is 11.2 Å². The van der Waals surface area contributed by atoms with E-state index < -0.39 is 5.60 Å². The third kappa shape index (κ3) is 7.00. The molecule has 0 unspecified atom stereocenters. The fourth-order valence-corrected chi connectivity index (χ4v) is 3.21. The topological polar surface area (TPSA) is 38.3 Å². The van der Waals surface area contributed by atoms with Crippen molar-refractivity contribution in [1.29, 1.82) is 0 Å². The molecule has 0 aromatic heterocycles. The van der Waals surface area contributed by atoms with Crippen molar-refractivity contribution in [1.82, 2.24) is 5.32 Å². The highest BCUT2D eigenvalue weighted by Crippen LogP contribution is 2.30. The van der Waals surface area contributed by atoms with E-state index in [4.69, 9.17) is 16.3 Å². The molecule has 2 rings (SSSR count). The van der Waals surface area contributed by atoms with Crippen LogP contribution in [-0.4, -0.2) is 18.2 Å². The van der Waals surface area contributed by atoms with E-state index >= 15 is 0 Å². The van der Waals surface area contributed by atoms with Gasteiger partial charge in [0.15, 0.2) is 0 Å². The minimum absolute atomic E-state index is 0.362. The van der Waals surface area contributed by atoms with E-state index in [1.807, 2.05) is 45.0 Å². The van der Waals surface area contributed by atoms with Crippen LogP contribution in [0.2, 0.25) is 5.02 Å². The second kappa shape index (κ2) is 9.43. The molecule has 5 heteroatoms. The van der Waals surface area contributed by atoms with E-state index in [-0.39, 0.29) is 6.09 Å². The van der Waals surface area contributed by atoms with Crippen molar-refractivity contribution in [2.24, 2.45) is 0 Å². The van der Waals surface area contributed by atoms with Gasteiger partial charge >= 0.3 is 6.09 Å². The maximum Gasteiger partial charge on any atom is 0.407 e. The predicted molar refractivity (Wildman–Crippen MR) is 112 cm³/mol. The molecule has 0 aliphatic heterocycles. The third-order valence-electron chi connectivity index (χ3n) is 3.75. The number of hydrogen-bond acceptors (Lipinski definition) is 2. The zero-order chi connectivity index (χ0) is 19.2. The van der Waals surface area contributed by atoms with Crippen LogP contribution < -0.4 is 5.32 Å². The Labute approximate surface area is 169 Å². The molecule has 1 amide bonds. The smallest absolute Gasteiger partial charge is 0.407 e. The first kappa shape index (κ1) is 20.8. The lowest BCUT2D eigenvalue weighted by Gasteiger charge is -2.19. The summed E-state index contributed by atoms with van der Waals surface area (Å²) in [6.45, 7) is 6.18. The summed E-state index contributed by atoms with van der Waals surface area (Å²) in [6.07, 6.45) is 2.42. The fraction of sp³-hybridized carbons (Fsp3) is 0.381. The van der Waals surface area contributed by atoms with Crippen LogP contribution in [0.15, 0.2) is 46.9 Å². The fourth-order valence-electron chi connectivity index (χ4n) is 2.64. The van der Waals surface area contributed by atoms with Gasteiger partial charge in [0.25, 0.3) is 0 Å². The van der Waals surface area contributed by atoms with Gasteiger partial charge in [-0.2, -0.15) is 0 Å². The number of carbonyl (C=O) groups is 1. The van der Waals surface area contributed by atoms with Gasteiger partial charge in [-0.05, 0) is 81.0 Å². The Hall–Kier alpha value is -1.52. The van der Waals surface area contributed by atoms with Gasteiger partial charge in [0.1, 0.15) is 5.60 Å². The first-order valence-corrected chi connectivity index (χ1v) is 9.93. The minimum atomic E-state index is -0.466. The zero-order valence-electron chi connectivity index (χ0n) is 15.4. The second-order valence-corrected chi connectivity index (χ2v) is 8.55. The van der Waals surface area contributed by atoms with Crippen LogP contribution in [0.3, 0.4) is 0 Å². The van der Waals surface area contributed by atoms with Crippen molar-refractivity contribution in [3.05, 3.63) is 57.5 Å². The van der Waals surface area contributed by atoms with Gasteiger partial charge in [-0.25, -0.2) is 4.79 Å². The normalized spacial score (nSPS) is 11.3. The molecule has 0 fully saturated rings. The van der Waals surface area contributed by atoms with E-state index in [0.29, 0.717) is 6.54 Å². The van der Waals surface area contributed by atoms with Crippen molar-refractivity contribution in [3.8, 4) is 11.1 Å². The van der Waals surface area contributed by atoms with Gasteiger partial charge in [-0.15, -0.1) is 0 Å². The molecular formula is C21H25BrClNO2. The maximum atomic E-state index is 11.6. The number of halogens is 2. The molecule has 0 aliphatic rings. The summed E-state index contributed by atoms with van der Waals surface area (Å²) in [5, 5.41) is 3.53. The van der Waals surface area contributed by atoms with E-state index in [9.17, 15) is 4.79 Å². The van der Waals surface area contributed by atoms with Crippen LogP contribution >= 0.6 is 27.5 Å². The Balaban J connectivity index is 1.91. The average molecular weight is 439 g/mol. The lowest BCUT2D eigenvalue weighted by atomic mass is 9.96. The molecule has 3 nitrogen and oxygen atoms in total. The lowest BCUT2D eigenvalue weighted by molar-refractivity contribution is 0.0527. The van der Waals surface area contributed by atoms with E-state index in [0.717, 1.165) is 39.9 Å². The Morgan fingerprint density at radius 2 is 1.92 bits per heavy atom. The van der Waals surface area contributed by atoms with E-state index in [1.165, 1.54) is 5.56 Å². The molecule has 0 radical (unpaired) electrons. The number of ether oxygens (including phenoxy) is 1. The number of nitrogens with one attached hydrogen (secondary N) is 1. The summed E-state index contributed by atoms with van der Waals surface area (Å²) in [5.41, 5.74) is 3.08. The van der Waals surface area contributed by atoms with E-state index in [1.54, 1.807) is 0 Å². The van der Waals surface area contributed by atoms with Crippen molar-refractivity contribution in [2.75, 3.05) is 6.54 Å². The molecule has 0 heterocycles. The first-order valence-electron chi connectivity index (χ1n) is 8.76. The monoisotopic (exact) mass is 437 g/mol. The summed E-state index contributed by atoms with van der Waals surface area (Å²) in [5.74, 6) is 0. The predicted octanol–water partition coefficient (Wildman–Crippen LogP) is 6.62. The first-order chi connectivity index (χ1) is 12.2. The van der Waals surface area contributed by atoms with Gasteiger partial charge < -0.3 is 10.1 Å². The Morgan fingerprint density at radius 1 is 1.15 bits per heavy atom. The van der Waals surface area contributed by atoms with E-state index in [2.05, 4.69) is 39.4 Å². The third-order valence-corrected chi connectivity index (χ3v) is 4.48. The number of alkyl carbamates (subject to hydrolysis) is 1. The number of rotatable bonds is 6. The molecule has 0 bridgehead atoms. The number of amides is 1. The summed E-state index contributed by atoms with van der Waals surface area (Å²) >= 11 is 9.73. The van der Waals surface area contributed by atoms with Crippen LogP contribution in [0.4, 0.5) is 4.79 Å². The Morgan fingerprint density at radius 3 is 2.62 bits per heavy atom. The molecule has 2 aromatic carbocycles. The molecule has 0 saturated heterocycles. The van der Waals surface area contributed by atoms with Crippen molar-refractivity contribution < 1.29 is 9.53 Å². The molecule has 0 spiro atoms. The summed E-state index contributed by atoms with van der Waals surface area (Å²) in [6, 6.07) is 14.2. The van der Waals surface area contributed by atoms with Gasteiger partial charge in [0, 0.05) is 16.0 Å². The quantitative estimate of drug-likeness (QED) is 0.515. The highest BCUT2D eigenvalue weighted by Gasteiger charge is 2.15. The van der Waals surface area contributed by atoms with Gasteiger partial charge in [0.2, 0.25) is 0 Å². The molecule has 2 aromatic rings. The van der Waals surface area contributed by atoms with Crippen molar-refractivity contribution >= 4 is 33.6 Å². The Bertz CT molecular complexity index is 756. The highest BCUT2D eigenvalue weighted by molar-refractivity contribution is 9.10. The summed E-state index contributed by atoms with van der Waals surface area (Å²) in [4.78, 5) is 11.6. The highest BCUT2D eigenvalue weighted by atomic mass is 79.9. The molecule has 0 saturated carbocycles. The standard InChI is InChI=1S/C21H25BrClNO2/c1-21(2,3)26-20(25)24-12-5-4-7-15-10-11-18(23)14-19(15)16-8-6-9-17(22)13-16/h6,8-11,13-14H,4-5,7,12H2,1-3H3,(H,24,25). The minimum Gasteiger partial charge on any atom is -0.444 e. The van der Waals surface area contributed by atoms with Gasteiger partial charge in [0.05, 0.1) is 0 Å². The van der Waals surface area contributed by atoms with Crippen LogP contribution in [0.1, 0.15) is 39.2 Å². The molecule has 0 aliphatic carbocycles. The molecule has 26 heavy (non-hydrogen) atoms.